The molecular formula is C21H27NO3S. The van der Waals surface area contributed by atoms with E-state index >= 15 is 0 Å². The molecule has 2 aliphatic rings. The molecule has 0 aromatic rings. The maximum absolute atomic E-state index is 12.7. The largest absolute Gasteiger partial charge is 0.462 e. The number of carbonyl (C=O) groups excluding carboxylic acids is 2. The van der Waals surface area contributed by atoms with Crippen molar-refractivity contribution in [3.05, 3.63) is 41.0 Å². The fourth-order valence-electron chi connectivity index (χ4n) is 3.04. The van der Waals surface area contributed by atoms with Crippen LogP contribution in [-0.2, 0) is 21.7 Å². The summed E-state index contributed by atoms with van der Waals surface area (Å²) in [4.78, 5) is 24.5. The van der Waals surface area contributed by atoms with Crippen molar-refractivity contribution in [1.29, 1.82) is 0 Å². The zero-order valence-corrected chi connectivity index (χ0v) is 16.8. The predicted molar refractivity (Wildman–Crippen MR) is 109 cm³/mol. The van der Waals surface area contributed by atoms with E-state index in [2.05, 4.69) is 31.8 Å². The van der Waals surface area contributed by atoms with Crippen molar-refractivity contribution in [3.8, 4) is 11.1 Å². The second-order valence-electron chi connectivity index (χ2n) is 6.79. The van der Waals surface area contributed by atoms with Crippen molar-refractivity contribution in [1.82, 2.24) is 0 Å². The highest BCUT2D eigenvalue weighted by molar-refractivity contribution is 7.79. The molecule has 2 rings (SSSR count). The first kappa shape index (κ1) is 20.3. The maximum Gasteiger partial charge on any atom is 0.340 e. The van der Waals surface area contributed by atoms with Crippen LogP contribution in [0.2, 0.25) is 0 Å². The van der Waals surface area contributed by atoms with Crippen molar-refractivity contribution < 1.29 is 14.3 Å². The molecule has 0 spiro atoms. The van der Waals surface area contributed by atoms with E-state index in [1.54, 1.807) is 6.92 Å². The average molecular weight is 374 g/mol. The minimum atomic E-state index is -0.407. The molecule has 0 fully saturated rings. The zero-order valence-electron chi connectivity index (χ0n) is 15.9. The Bertz CT molecular complexity index is 770. The molecule has 1 N–H and O–H groups in total. The smallest absolute Gasteiger partial charge is 0.340 e. The summed E-state index contributed by atoms with van der Waals surface area (Å²) in [5, 5.41) is 2.88. The second kappa shape index (κ2) is 9.08. The van der Waals surface area contributed by atoms with Gasteiger partial charge < -0.3 is 10.1 Å². The number of ether oxygens (including phenoxy) is 1. The van der Waals surface area contributed by atoms with Gasteiger partial charge in [0, 0.05) is 12.7 Å². The van der Waals surface area contributed by atoms with Crippen LogP contribution < -0.4 is 5.32 Å². The van der Waals surface area contributed by atoms with Crippen LogP contribution in [0.1, 0.15) is 55.6 Å². The quantitative estimate of drug-likeness (QED) is 0.534. The Morgan fingerprint density at radius 2 is 1.81 bits per heavy atom. The first-order valence-corrected chi connectivity index (χ1v) is 9.65. The molecule has 0 saturated heterocycles. The van der Waals surface area contributed by atoms with E-state index in [1.165, 1.54) is 6.92 Å². The molecule has 0 saturated carbocycles. The van der Waals surface area contributed by atoms with E-state index in [-0.39, 0.29) is 12.5 Å². The standard InChI is InChI=1S/C21H27NO3S/c1-5-25-21(24)19-17-11-8-15(12-26)7-10-16(17)18(9-6-13(2)3)20(19)22-14(4)23/h7-8,10-11,13,26H,5-6,9,12H2,1-4H3,(H,22,23). The highest BCUT2D eigenvalue weighted by atomic mass is 32.1. The third-order valence-electron chi connectivity index (χ3n) is 4.30. The summed E-state index contributed by atoms with van der Waals surface area (Å²) in [6.45, 7) is 7.84. The van der Waals surface area contributed by atoms with Gasteiger partial charge >= 0.3 is 5.97 Å². The summed E-state index contributed by atoms with van der Waals surface area (Å²) in [6, 6.07) is 7.92. The van der Waals surface area contributed by atoms with E-state index in [0.717, 1.165) is 35.1 Å². The molecule has 0 heterocycles. The number of esters is 1. The molecule has 140 valence electrons. The van der Waals surface area contributed by atoms with Gasteiger partial charge in [-0.2, -0.15) is 12.6 Å². The van der Waals surface area contributed by atoms with Crippen LogP contribution in [0.3, 0.4) is 0 Å². The monoisotopic (exact) mass is 373 g/mol. The van der Waals surface area contributed by atoms with Gasteiger partial charge in [0.1, 0.15) is 0 Å². The lowest BCUT2D eigenvalue weighted by molar-refractivity contribution is -0.114. The Balaban J connectivity index is 2.73. The molecule has 0 radical (unpaired) electrons. The number of thiol groups is 1. The van der Waals surface area contributed by atoms with Crippen LogP contribution in [-0.4, -0.2) is 18.5 Å². The fourth-order valence-corrected chi connectivity index (χ4v) is 3.26. The van der Waals surface area contributed by atoms with Crippen LogP contribution in [0.25, 0.3) is 11.1 Å². The first-order valence-electron chi connectivity index (χ1n) is 9.02. The maximum atomic E-state index is 12.7. The highest BCUT2D eigenvalue weighted by Gasteiger charge is 2.28. The lowest BCUT2D eigenvalue weighted by atomic mass is 10.00. The summed E-state index contributed by atoms with van der Waals surface area (Å²) in [6.07, 6.45) is 1.75. The Morgan fingerprint density at radius 3 is 2.35 bits per heavy atom. The first-order chi connectivity index (χ1) is 12.4. The van der Waals surface area contributed by atoms with E-state index in [1.807, 2.05) is 24.3 Å². The van der Waals surface area contributed by atoms with Crippen LogP contribution in [0.15, 0.2) is 24.3 Å². The van der Waals surface area contributed by atoms with Gasteiger partial charge in [-0.15, -0.1) is 0 Å². The van der Waals surface area contributed by atoms with E-state index in [4.69, 9.17) is 4.74 Å². The topological polar surface area (TPSA) is 55.4 Å². The molecule has 1 amide bonds. The Kier molecular flexibility index (Phi) is 7.09. The Morgan fingerprint density at radius 1 is 1.15 bits per heavy atom. The van der Waals surface area contributed by atoms with Gasteiger partial charge in [-0.3, -0.25) is 4.79 Å². The second-order valence-corrected chi connectivity index (χ2v) is 7.11. The summed E-state index contributed by atoms with van der Waals surface area (Å²) in [5.74, 6) is 0.528. The van der Waals surface area contributed by atoms with Gasteiger partial charge in [-0.1, -0.05) is 38.1 Å². The SMILES string of the molecule is CCOC(=O)c1c2ccc(CS)ccc-2c(CCC(C)C)c1NC(C)=O. The van der Waals surface area contributed by atoms with Gasteiger partial charge in [0.05, 0.1) is 17.9 Å². The number of carbonyl (C=O) groups is 2. The third kappa shape index (κ3) is 4.58. The molecule has 2 aliphatic carbocycles. The molecule has 0 aromatic carbocycles. The molecule has 26 heavy (non-hydrogen) atoms. The molecule has 0 unspecified atom stereocenters. The van der Waals surface area contributed by atoms with Crippen molar-refractivity contribution in [2.24, 2.45) is 5.92 Å². The molecule has 5 heteroatoms. The minimum Gasteiger partial charge on any atom is -0.462 e. The fraction of sp³-hybridized carbons (Fsp3) is 0.429. The van der Waals surface area contributed by atoms with E-state index < -0.39 is 5.97 Å². The summed E-state index contributed by atoms with van der Waals surface area (Å²) < 4.78 is 5.28. The van der Waals surface area contributed by atoms with Gasteiger partial charge in [0.2, 0.25) is 5.91 Å². The Labute approximate surface area is 161 Å². The van der Waals surface area contributed by atoms with Crippen LogP contribution in [0.4, 0.5) is 5.69 Å². The lowest BCUT2D eigenvalue weighted by Crippen LogP contribution is -2.13. The zero-order chi connectivity index (χ0) is 19.3. The molecule has 4 nitrogen and oxygen atoms in total. The van der Waals surface area contributed by atoms with Crippen molar-refractivity contribution in [2.75, 3.05) is 11.9 Å². The summed E-state index contributed by atoms with van der Waals surface area (Å²) >= 11 is 4.34. The van der Waals surface area contributed by atoms with Gasteiger partial charge in [0.15, 0.2) is 0 Å². The predicted octanol–water partition coefficient (Wildman–Crippen LogP) is 4.94. The number of fused-ring (bicyclic) bond motifs is 1. The number of hydrogen-bond donors (Lipinski definition) is 2. The number of anilines is 1. The summed E-state index contributed by atoms with van der Waals surface area (Å²) in [5.41, 5.74) is 4.87. The van der Waals surface area contributed by atoms with Crippen LogP contribution in [0.5, 0.6) is 0 Å². The van der Waals surface area contributed by atoms with Gasteiger partial charge in [-0.05, 0) is 47.9 Å². The molecule has 0 aromatic heterocycles. The van der Waals surface area contributed by atoms with Crippen molar-refractivity contribution in [2.45, 2.75) is 46.3 Å². The summed E-state index contributed by atoms with van der Waals surface area (Å²) in [7, 11) is 0. The number of amides is 1. The molecule has 0 atom stereocenters. The minimum absolute atomic E-state index is 0.197. The van der Waals surface area contributed by atoms with Crippen molar-refractivity contribution in [3.63, 3.8) is 0 Å². The number of nitrogens with one attached hydrogen (secondary N) is 1. The van der Waals surface area contributed by atoms with Gasteiger partial charge in [0.25, 0.3) is 0 Å². The normalized spacial score (nSPS) is 11.0. The molecular weight excluding hydrogens is 346 g/mol. The highest BCUT2D eigenvalue weighted by Crippen LogP contribution is 2.42. The van der Waals surface area contributed by atoms with Crippen molar-refractivity contribution >= 4 is 30.2 Å². The van der Waals surface area contributed by atoms with Crippen LogP contribution >= 0.6 is 12.6 Å². The van der Waals surface area contributed by atoms with E-state index in [9.17, 15) is 9.59 Å². The van der Waals surface area contributed by atoms with Crippen LogP contribution in [0, 0.1) is 5.92 Å². The van der Waals surface area contributed by atoms with Gasteiger partial charge in [-0.25, -0.2) is 4.79 Å². The molecule has 0 aliphatic heterocycles. The number of rotatable bonds is 7. The lowest BCUT2D eigenvalue weighted by Gasteiger charge is -2.10. The third-order valence-corrected chi connectivity index (χ3v) is 4.66. The average Bonchev–Trinajstić information content (AvgIpc) is 2.71. The number of hydrogen-bond acceptors (Lipinski definition) is 4. The van der Waals surface area contributed by atoms with E-state index in [0.29, 0.717) is 22.9 Å². The molecule has 0 bridgehead atoms. The Hall–Kier alpha value is -2.01.